The van der Waals surface area contributed by atoms with Gasteiger partial charge >= 0.3 is 0 Å². The summed E-state index contributed by atoms with van der Waals surface area (Å²) < 4.78 is 7.99. The van der Waals surface area contributed by atoms with Crippen molar-refractivity contribution in [2.45, 2.75) is 45.1 Å². The molecular formula is C21H25N5OS. The molecule has 6 nitrogen and oxygen atoms in total. The van der Waals surface area contributed by atoms with Gasteiger partial charge in [-0.15, -0.1) is 11.3 Å². The standard InChI is InChI=1S/C21H25N5OS/c1-13(2)26-20(23-12-24-26)21-25-19-16-11-15(14-5-8-22-9-6-14)3-4-17(16)27-10-7-18(19)28-21/h3-4,11-14,22H,5-10H2,1-2H3. The van der Waals surface area contributed by atoms with E-state index in [1.165, 1.54) is 23.3 Å². The minimum Gasteiger partial charge on any atom is -0.493 e. The lowest BCUT2D eigenvalue weighted by molar-refractivity contribution is 0.327. The van der Waals surface area contributed by atoms with Crippen LogP contribution in [0, 0.1) is 0 Å². The van der Waals surface area contributed by atoms with E-state index in [0.29, 0.717) is 12.5 Å². The molecule has 1 saturated heterocycles. The number of hydrogen-bond donors (Lipinski definition) is 1. The van der Waals surface area contributed by atoms with Crippen LogP contribution in [0.15, 0.2) is 24.5 Å². The maximum absolute atomic E-state index is 6.05. The Hall–Kier alpha value is -2.25. The molecule has 3 aromatic rings. The van der Waals surface area contributed by atoms with Crippen LogP contribution in [-0.2, 0) is 6.42 Å². The minimum atomic E-state index is 0.253. The maximum Gasteiger partial charge on any atom is 0.187 e. The highest BCUT2D eigenvalue weighted by atomic mass is 32.1. The molecule has 146 valence electrons. The fourth-order valence-corrected chi connectivity index (χ4v) is 5.18. The molecule has 5 rings (SSSR count). The monoisotopic (exact) mass is 395 g/mol. The van der Waals surface area contributed by atoms with Gasteiger partial charge in [0.05, 0.1) is 12.3 Å². The Morgan fingerprint density at radius 3 is 2.93 bits per heavy atom. The SMILES string of the molecule is CC(C)n1ncnc1-c1nc2c(s1)CCOc1ccc(C3CCNCC3)cc1-2. The molecule has 0 saturated carbocycles. The summed E-state index contributed by atoms with van der Waals surface area (Å²) in [5.74, 6) is 2.41. The molecule has 0 unspecified atom stereocenters. The van der Waals surface area contributed by atoms with Gasteiger partial charge in [0.1, 0.15) is 12.1 Å². The third-order valence-corrected chi connectivity index (χ3v) is 6.72. The Morgan fingerprint density at radius 2 is 2.11 bits per heavy atom. The summed E-state index contributed by atoms with van der Waals surface area (Å²) in [5.41, 5.74) is 3.58. The Kier molecular flexibility index (Phi) is 4.64. The van der Waals surface area contributed by atoms with Crippen LogP contribution >= 0.6 is 11.3 Å². The van der Waals surface area contributed by atoms with E-state index >= 15 is 0 Å². The molecule has 28 heavy (non-hydrogen) atoms. The van der Waals surface area contributed by atoms with Crippen molar-refractivity contribution in [2.24, 2.45) is 0 Å². The smallest absolute Gasteiger partial charge is 0.187 e. The predicted octanol–water partition coefficient (Wildman–Crippen LogP) is 4.05. The summed E-state index contributed by atoms with van der Waals surface area (Å²) in [6.07, 6.45) is 4.87. The van der Waals surface area contributed by atoms with Gasteiger partial charge in [-0.25, -0.2) is 14.6 Å². The molecule has 2 aliphatic rings. The molecule has 4 heterocycles. The lowest BCUT2D eigenvalue weighted by Gasteiger charge is -2.23. The van der Waals surface area contributed by atoms with E-state index in [2.05, 4.69) is 47.4 Å². The Labute approximate surface area is 169 Å². The Balaban J connectivity index is 1.58. The van der Waals surface area contributed by atoms with Gasteiger partial charge < -0.3 is 10.1 Å². The number of piperidine rings is 1. The molecule has 7 heteroatoms. The van der Waals surface area contributed by atoms with E-state index in [1.54, 1.807) is 17.7 Å². The van der Waals surface area contributed by atoms with Gasteiger partial charge in [0.25, 0.3) is 0 Å². The van der Waals surface area contributed by atoms with Crippen LogP contribution in [-0.4, -0.2) is 39.4 Å². The summed E-state index contributed by atoms with van der Waals surface area (Å²) >= 11 is 1.72. The molecule has 2 aromatic heterocycles. The molecule has 0 aliphatic carbocycles. The van der Waals surface area contributed by atoms with Crippen LogP contribution < -0.4 is 10.1 Å². The number of rotatable bonds is 3. The number of fused-ring (bicyclic) bond motifs is 3. The second-order valence-corrected chi connectivity index (χ2v) is 8.87. The van der Waals surface area contributed by atoms with Crippen LogP contribution in [0.4, 0.5) is 0 Å². The second kappa shape index (κ2) is 7.29. The number of aromatic nitrogens is 4. The molecule has 1 fully saturated rings. The fourth-order valence-electron chi connectivity index (χ4n) is 4.13. The summed E-state index contributed by atoms with van der Waals surface area (Å²) in [5, 5.41) is 8.77. The van der Waals surface area contributed by atoms with Crippen LogP contribution in [0.3, 0.4) is 0 Å². The van der Waals surface area contributed by atoms with Crippen LogP contribution in [0.2, 0.25) is 0 Å². The number of hydrogen-bond acceptors (Lipinski definition) is 6. The van der Waals surface area contributed by atoms with Gasteiger partial charge in [-0.3, -0.25) is 0 Å². The zero-order valence-electron chi connectivity index (χ0n) is 16.3. The van der Waals surface area contributed by atoms with Gasteiger partial charge in [0.15, 0.2) is 10.8 Å². The van der Waals surface area contributed by atoms with E-state index in [4.69, 9.17) is 9.72 Å². The van der Waals surface area contributed by atoms with Crippen LogP contribution in [0.5, 0.6) is 5.75 Å². The van der Waals surface area contributed by atoms with E-state index in [0.717, 1.165) is 47.3 Å². The summed E-state index contributed by atoms with van der Waals surface area (Å²) in [4.78, 5) is 10.8. The normalized spacial score (nSPS) is 17.1. The Morgan fingerprint density at radius 1 is 1.25 bits per heavy atom. The zero-order valence-corrected chi connectivity index (χ0v) is 17.1. The van der Waals surface area contributed by atoms with E-state index in [1.807, 2.05) is 4.68 Å². The molecule has 1 aromatic carbocycles. The van der Waals surface area contributed by atoms with Gasteiger partial charge in [0.2, 0.25) is 0 Å². The van der Waals surface area contributed by atoms with Crippen molar-refractivity contribution in [1.82, 2.24) is 25.1 Å². The third-order valence-electron chi connectivity index (χ3n) is 5.61. The molecule has 0 atom stereocenters. The van der Waals surface area contributed by atoms with Gasteiger partial charge in [-0.1, -0.05) is 6.07 Å². The third kappa shape index (κ3) is 3.12. The lowest BCUT2D eigenvalue weighted by atomic mass is 9.89. The number of thiazole rings is 1. The highest BCUT2D eigenvalue weighted by molar-refractivity contribution is 7.15. The number of benzene rings is 1. The molecule has 1 N–H and O–H groups in total. The summed E-state index contributed by atoms with van der Waals surface area (Å²) in [7, 11) is 0. The quantitative estimate of drug-likeness (QED) is 0.725. The van der Waals surface area contributed by atoms with E-state index in [-0.39, 0.29) is 6.04 Å². The first-order valence-electron chi connectivity index (χ1n) is 10.1. The lowest BCUT2D eigenvalue weighted by Crippen LogP contribution is -2.26. The molecular weight excluding hydrogens is 370 g/mol. The van der Waals surface area contributed by atoms with Gasteiger partial charge in [-0.05, 0) is 63.4 Å². The van der Waals surface area contributed by atoms with Crippen molar-refractivity contribution in [3.63, 3.8) is 0 Å². The van der Waals surface area contributed by atoms with Crippen molar-refractivity contribution < 1.29 is 4.74 Å². The van der Waals surface area contributed by atoms with E-state index in [9.17, 15) is 0 Å². The largest absolute Gasteiger partial charge is 0.493 e. The summed E-state index contributed by atoms with van der Waals surface area (Å²) in [6.45, 7) is 7.10. The molecule has 0 bridgehead atoms. The average Bonchev–Trinajstić information content (AvgIpc) is 3.33. The number of nitrogens with one attached hydrogen (secondary N) is 1. The second-order valence-electron chi connectivity index (χ2n) is 7.79. The van der Waals surface area contributed by atoms with Crippen molar-refractivity contribution >= 4 is 11.3 Å². The molecule has 0 amide bonds. The average molecular weight is 396 g/mol. The highest BCUT2D eigenvalue weighted by Crippen LogP contribution is 2.42. The Bertz CT molecular complexity index is 987. The molecule has 0 spiro atoms. The van der Waals surface area contributed by atoms with Crippen molar-refractivity contribution in [3.8, 4) is 27.8 Å². The first-order valence-corrected chi connectivity index (χ1v) is 10.9. The maximum atomic E-state index is 6.05. The van der Waals surface area contributed by atoms with Gasteiger partial charge in [0, 0.05) is 22.9 Å². The molecule has 0 radical (unpaired) electrons. The van der Waals surface area contributed by atoms with E-state index < -0.39 is 0 Å². The summed E-state index contributed by atoms with van der Waals surface area (Å²) in [6, 6.07) is 6.94. The van der Waals surface area contributed by atoms with Crippen LogP contribution in [0.25, 0.3) is 22.1 Å². The fraction of sp³-hybridized carbons (Fsp3) is 0.476. The molecule has 2 aliphatic heterocycles. The van der Waals surface area contributed by atoms with Crippen molar-refractivity contribution in [1.29, 1.82) is 0 Å². The topological polar surface area (TPSA) is 64.9 Å². The number of nitrogens with zero attached hydrogens (tertiary/aromatic N) is 4. The highest BCUT2D eigenvalue weighted by Gasteiger charge is 2.25. The van der Waals surface area contributed by atoms with Crippen molar-refractivity contribution in [3.05, 3.63) is 35.0 Å². The van der Waals surface area contributed by atoms with Crippen molar-refractivity contribution in [2.75, 3.05) is 19.7 Å². The van der Waals surface area contributed by atoms with Gasteiger partial charge in [-0.2, -0.15) is 5.10 Å². The first-order chi connectivity index (χ1) is 13.7. The predicted molar refractivity (Wildman–Crippen MR) is 111 cm³/mol. The minimum absolute atomic E-state index is 0.253. The zero-order chi connectivity index (χ0) is 19.1. The first kappa shape index (κ1) is 17.8. The van der Waals surface area contributed by atoms with Crippen LogP contribution in [0.1, 0.15) is 49.1 Å². The number of ether oxygens (including phenoxy) is 1.